The van der Waals surface area contributed by atoms with Crippen molar-refractivity contribution in [3.8, 4) is 11.5 Å². The minimum atomic E-state index is -1.29. The molecule has 1 atom stereocenters. The zero-order chi connectivity index (χ0) is 15.5. The van der Waals surface area contributed by atoms with Crippen molar-refractivity contribution in [3.05, 3.63) is 59.8 Å². The molecular weight excluding hydrogens is 292 g/mol. The Kier molecular flexibility index (Phi) is 3.84. The van der Waals surface area contributed by atoms with E-state index in [1.807, 2.05) is 0 Å². The minimum absolute atomic E-state index is 0.126. The molecule has 112 valence electrons. The molecule has 0 aliphatic carbocycles. The maximum atomic E-state index is 13.7. The fraction of sp³-hybridized carbons (Fsp3) is 0.143. The molecule has 0 aliphatic rings. The number of rotatable bonds is 4. The number of hydrogen-bond acceptors (Lipinski definition) is 5. The summed E-state index contributed by atoms with van der Waals surface area (Å²) in [5.74, 6) is -0.991. The van der Waals surface area contributed by atoms with Crippen LogP contribution in [0.3, 0.4) is 0 Å². The number of tetrazole rings is 1. The molecule has 0 saturated heterocycles. The van der Waals surface area contributed by atoms with Gasteiger partial charge in [0.2, 0.25) is 5.82 Å². The summed E-state index contributed by atoms with van der Waals surface area (Å²) in [4.78, 5) is 4.11. The molecule has 8 heteroatoms. The summed E-state index contributed by atoms with van der Waals surface area (Å²) in [7, 11) is 0. The van der Waals surface area contributed by atoms with Crippen LogP contribution in [-0.4, -0.2) is 30.3 Å². The van der Waals surface area contributed by atoms with Crippen molar-refractivity contribution < 1.29 is 13.9 Å². The van der Waals surface area contributed by atoms with Crippen LogP contribution in [0.1, 0.15) is 11.7 Å². The molecule has 0 saturated carbocycles. The summed E-state index contributed by atoms with van der Waals surface area (Å²) >= 11 is 0. The van der Waals surface area contributed by atoms with Crippen LogP contribution in [0.4, 0.5) is 8.78 Å². The standard InChI is InChI=1S/C14H11F2N5O/c15-9-4-5-11(16)10(7-9)13(22)8-21-14(18-19-20-21)12-3-1-2-6-17-12/h1-7,13,22H,8H2. The van der Waals surface area contributed by atoms with Crippen molar-refractivity contribution in [1.82, 2.24) is 25.2 Å². The average molecular weight is 303 g/mol. The van der Waals surface area contributed by atoms with E-state index in [1.165, 1.54) is 4.68 Å². The predicted molar refractivity (Wildman–Crippen MR) is 72.4 cm³/mol. The van der Waals surface area contributed by atoms with Crippen LogP contribution in [0.2, 0.25) is 0 Å². The molecular formula is C14H11F2N5O. The van der Waals surface area contributed by atoms with E-state index in [1.54, 1.807) is 24.4 Å². The third-order valence-electron chi connectivity index (χ3n) is 3.09. The Morgan fingerprint density at radius 1 is 1.18 bits per heavy atom. The summed E-state index contributed by atoms with van der Waals surface area (Å²) < 4.78 is 28.2. The molecule has 6 nitrogen and oxygen atoms in total. The lowest BCUT2D eigenvalue weighted by Crippen LogP contribution is -2.13. The van der Waals surface area contributed by atoms with Gasteiger partial charge in [0.15, 0.2) is 0 Å². The molecule has 0 bridgehead atoms. The molecule has 0 spiro atoms. The summed E-state index contributed by atoms with van der Waals surface area (Å²) in [6.45, 7) is -0.126. The fourth-order valence-electron chi connectivity index (χ4n) is 2.04. The van der Waals surface area contributed by atoms with Crippen LogP contribution >= 0.6 is 0 Å². The van der Waals surface area contributed by atoms with Gasteiger partial charge in [-0.1, -0.05) is 6.07 Å². The van der Waals surface area contributed by atoms with Gasteiger partial charge in [-0.25, -0.2) is 13.5 Å². The van der Waals surface area contributed by atoms with E-state index >= 15 is 0 Å². The summed E-state index contributed by atoms with van der Waals surface area (Å²) in [5, 5.41) is 21.2. The second-order valence-corrected chi connectivity index (χ2v) is 4.58. The molecule has 22 heavy (non-hydrogen) atoms. The summed E-state index contributed by atoms with van der Waals surface area (Å²) in [6, 6.07) is 8.12. The van der Waals surface area contributed by atoms with Crippen LogP contribution in [0.25, 0.3) is 11.5 Å². The number of halogens is 2. The van der Waals surface area contributed by atoms with Crippen molar-refractivity contribution in [2.24, 2.45) is 0 Å². The number of pyridine rings is 1. The van der Waals surface area contributed by atoms with Gasteiger partial charge in [-0.15, -0.1) is 5.10 Å². The number of hydrogen-bond donors (Lipinski definition) is 1. The molecule has 0 radical (unpaired) electrons. The Morgan fingerprint density at radius 3 is 2.82 bits per heavy atom. The highest BCUT2D eigenvalue weighted by Crippen LogP contribution is 2.21. The monoisotopic (exact) mass is 303 g/mol. The molecule has 0 amide bonds. The van der Waals surface area contributed by atoms with Gasteiger partial charge in [0, 0.05) is 11.8 Å². The maximum absolute atomic E-state index is 13.7. The lowest BCUT2D eigenvalue weighted by atomic mass is 10.1. The molecule has 1 aromatic carbocycles. The fourth-order valence-corrected chi connectivity index (χ4v) is 2.04. The lowest BCUT2D eigenvalue weighted by molar-refractivity contribution is 0.146. The number of benzene rings is 1. The van der Waals surface area contributed by atoms with E-state index in [9.17, 15) is 13.9 Å². The predicted octanol–water partition coefficient (Wildman–Crippen LogP) is 1.75. The second-order valence-electron chi connectivity index (χ2n) is 4.58. The Hall–Kier alpha value is -2.74. The van der Waals surface area contributed by atoms with E-state index in [2.05, 4.69) is 20.5 Å². The zero-order valence-electron chi connectivity index (χ0n) is 11.3. The van der Waals surface area contributed by atoms with Gasteiger partial charge in [0.1, 0.15) is 23.4 Å². The quantitative estimate of drug-likeness (QED) is 0.794. The van der Waals surface area contributed by atoms with Crippen molar-refractivity contribution in [2.75, 3.05) is 0 Å². The average Bonchev–Trinajstić information content (AvgIpc) is 2.98. The largest absolute Gasteiger partial charge is 0.386 e. The first-order valence-electron chi connectivity index (χ1n) is 6.46. The van der Waals surface area contributed by atoms with E-state index in [0.29, 0.717) is 11.5 Å². The Morgan fingerprint density at radius 2 is 2.05 bits per heavy atom. The third kappa shape index (κ3) is 2.82. The lowest BCUT2D eigenvalue weighted by Gasteiger charge is -2.12. The topological polar surface area (TPSA) is 76.7 Å². The number of nitrogens with zero attached hydrogens (tertiary/aromatic N) is 5. The van der Waals surface area contributed by atoms with Gasteiger partial charge >= 0.3 is 0 Å². The molecule has 1 N–H and O–H groups in total. The van der Waals surface area contributed by atoms with Crippen LogP contribution < -0.4 is 0 Å². The molecule has 3 aromatic rings. The summed E-state index contributed by atoms with van der Waals surface area (Å²) in [5.41, 5.74) is 0.363. The van der Waals surface area contributed by atoms with Crippen LogP contribution in [0.5, 0.6) is 0 Å². The van der Waals surface area contributed by atoms with Crippen LogP contribution in [0.15, 0.2) is 42.6 Å². The Bertz CT molecular complexity index is 778. The van der Waals surface area contributed by atoms with Crippen LogP contribution in [-0.2, 0) is 6.54 Å². The molecule has 0 aliphatic heterocycles. The number of aliphatic hydroxyl groups is 1. The molecule has 3 rings (SSSR count). The van der Waals surface area contributed by atoms with Crippen molar-refractivity contribution in [1.29, 1.82) is 0 Å². The smallest absolute Gasteiger partial charge is 0.200 e. The second kappa shape index (κ2) is 5.94. The van der Waals surface area contributed by atoms with Gasteiger partial charge in [0.05, 0.1) is 6.54 Å². The molecule has 1 unspecified atom stereocenters. The van der Waals surface area contributed by atoms with Gasteiger partial charge in [-0.05, 0) is 40.8 Å². The normalized spacial score (nSPS) is 12.3. The number of aliphatic hydroxyl groups excluding tert-OH is 1. The molecule has 0 fully saturated rings. The Labute approximate surface area is 124 Å². The zero-order valence-corrected chi connectivity index (χ0v) is 11.3. The highest BCUT2D eigenvalue weighted by Gasteiger charge is 2.18. The van der Waals surface area contributed by atoms with E-state index in [4.69, 9.17) is 0 Å². The minimum Gasteiger partial charge on any atom is -0.386 e. The van der Waals surface area contributed by atoms with Crippen molar-refractivity contribution in [3.63, 3.8) is 0 Å². The Balaban J connectivity index is 1.88. The third-order valence-corrected chi connectivity index (χ3v) is 3.09. The van der Waals surface area contributed by atoms with E-state index < -0.39 is 17.7 Å². The maximum Gasteiger partial charge on any atom is 0.200 e. The molecule has 2 aromatic heterocycles. The summed E-state index contributed by atoms with van der Waals surface area (Å²) in [6.07, 6.45) is 0.290. The van der Waals surface area contributed by atoms with Crippen molar-refractivity contribution in [2.45, 2.75) is 12.6 Å². The van der Waals surface area contributed by atoms with Gasteiger partial charge < -0.3 is 5.11 Å². The van der Waals surface area contributed by atoms with Gasteiger partial charge in [-0.2, -0.15) is 0 Å². The number of aromatic nitrogens is 5. The van der Waals surface area contributed by atoms with Gasteiger partial charge in [-0.3, -0.25) is 4.98 Å². The first-order chi connectivity index (χ1) is 10.6. The van der Waals surface area contributed by atoms with Gasteiger partial charge in [0.25, 0.3) is 0 Å². The van der Waals surface area contributed by atoms with Crippen molar-refractivity contribution >= 4 is 0 Å². The highest BCUT2D eigenvalue weighted by molar-refractivity contribution is 5.47. The van der Waals surface area contributed by atoms with E-state index in [0.717, 1.165) is 18.2 Å². The first kappa shape index (κ1) is 14.2. The highest BCUT2D eigenvalue weighted by atomic mass is 19.1. The first-order valence-corrected chi connectivity index (χ1v) is 6.46. The van der Waals surface area contributed by atoms with Crippen LogP contribution in [0, 0.1) is 11.6 Å². The molecule has 2 heterocycles. The SMILES string of the molecule is OC(Cn1nnnc1-c1ccccn1)c1cc(F)ccc1F. The van der Waals surface area contributed by atoms with E-state index in [-0.39, 0.29) is 12.1 Å².